The highest BCUT2D eigenvalue weighted by atomic mass is 16.2. The van der Waals surface area contributed by atoms with Gasteiger partial charge in [0, 0.05) is 31.5 Å². The molecule has 1 aromatic rings. The zero-order chi connectivity index (χ0) is 15.5. The first-order valence-electron chi connectivity index (χ1n) is 7.38. The van der Waals surface area contributed by atoms with Crippen LogP contribution in [0.2, 0.25) is 0 Å². The van der Waals surface area contributed by atoms with Gasteiger partial charge >= 0.3 is 0 Å². The van der Waals surface area contributed by atoms with E-state index in [2.05, 4.69) is 25.7 Å². The molecule has 0 heterocycles. The Kier molecular flexibility index (Phi) is 4.69. The number of hydrogen-bond donors (Lipinski definition) is 1. The first kappa shape index (κ1) is 15.6. The molecule has 1 aliphatic rings. The van der Waals surface area contributed by atoms with Gasteiger partial charge < -0.3 is 10.0 Å². The van der Waals surface area contributed by atoms with E-state index in [9.17, 15) is 4.79 Å². The van der Waals surface area contributed by atoms with Crippen LogP contribution < -0.4 is 0 Å². The van der Waals surface area contributed by atoms with Crippen LogP contribution in [0.3, 0.4) is 0 Å². The second kappa shape index (κ2) is 6.32. The minimum absolute atomic E-state index is 0.0844. The third kappa shape index (κ3) is 4.09. The molecule has 1 N–H and O–H groups in total. The molecule has 0 radical (unpaired) electrons. The highest BCUT2D eigenvalue weighted by molar-refractivity contribution is 5.82. The van der Waals surface area contributed by atoms with E-state index in [0.29, 0.717) is 13.0 Å². The number of carbonyl (C=O) groups is 1. The summed E-state index contributed by atoms with van der Waals surface area (Å²) in [5.41, 5.74) is 2.18. The minimum atomic E-state index is 0.0844. The molecular formula is C18H23NO2. The van der Waals surface area contributed by atoms with Gasteiger partial charge in [0.15, 0.2) is 0 Å². The van der Waals surface area contributed by atoms with Crippen LogP contribution in [-0.4, -0.2) is 29.6 Å². The number of rotatable bonds is 4. The Labute approximate surface area is 127 Å². The van der Waals surface area contributed by atoms with Crippen LogP contribution in [0.15, 0.2) is 24.3 Å². The van der Waals surface area contributed by atoms with E-state index < -0.39 is 0 Å². The molecule has 0 bridgehead atoms. The van der Waals surface area contributed by atoms with Gasteiger partial charge in [-0.15, -0.1) is 0 Å². The number of amides is 1. The summed E-state index contributed by atoms with van der Waals surface area (Å²) in [7, 11) is 1.86. The summed E-state index contributed by atoms with van der Waals surface area (Å²) in [6.45, 7) is 4.98. The Hall–Kier alpha value is -1.79. The fraction of sp³-hybridized carbons (Fsp3) is 0.500. The number of aliphatic hydroxyl groups excluding tert-OH is 1. The molecule has 1 aromatic carbocycles. The Balaban J connectivity index is 1.98. The largest absolute Gasteiger partial charge is 0.395 e. The van der Waals surface area contributed by atoms with Crippen LogP contribution in [-0.2, 0) is 11.3 Å². The summed E-state index contributed by atoms with van der Waals surface area (Å²) in [6, 6.07) is 7.92. The fourth-order valence-electron chi connectivity index (χ4n) is 2.47. The number of carbonyl (C=O) groups excluding carboxylic acids is 1. The van der Waals surface area contributed by atoms with Crippen molar-refractivity contribution in [2.75, 3.05) is 13.7 Å². The average molecular weight is 285 g/mol. The highest BCUT2D eigenvalue weighted by Crippen LogP contribution is 2.52. The molecule has 1 fully saturated rings. The lowest BCUT2D eigenvalue weighted by molar-refractivity contribution is -0.132. The lowest BCUT2D eigenvalue weighted by Gasteiger charge is -2.18. The van der Waals surface area contributed by atoms with Gasteiger partial charge in [-0.05, 0) is 29.5 Å². The molecule has 112 valence electrons. The van der Waals surface area contributed by atoms with Crippen LogP contribution in [0, 0.1) is 23.2 Å². The van der Waals surface area contributed by atoms with Crippen LogP contribution >= 0.6 is 0 Å². The van der Waals surface area contributed by atoms with Crippen molar-refractivity contribution < 1.29 is 9.90 Å². The van der Waals surface area contributed by atoms with E-state index in [4.69, 9.17) is 5.11 Å². The zero-order valence-corrected chi connectivity index (χ0v) is 13.0. The molecule has 1 unspecified atom stereocenters. The van der Waals surface area contributed by atoms with Crippen molar-refractivity contribution in [1.29, 1.82) is 0 Å². The van der Waals surface area contributed by atoms with Gasteiger partial charge in [0.25, 0.3) is 0 Å². The van der Waals surface area contributed by atoms with Crippen molar-refractivity contribution in [3.05, 3.63) is 35.4 Å². The lowest BCUT2D eigenvalue weighted by atomic mass is 10.1. The molecule has 0 aromatic heterocycles. The summed E-state index contributed by atoms with van der Waals surface area (Å²) in [6.07, 6.45) is 1.47. The van der Waals surface area contributed by atoms with Gasteiger partial charge in [-0.3, -0.25) is 4.79 Å². The van der Waals surface area contributed by atoms with E-state index in [0.717, 1.165) is 17.5 Å². The van der Waals surface area contributed by atoms with Crippen molar-refractivity contribution in [3.8, 4) is 11.8 Å². The maximum Gasteiger partial charge on any atom is 0.226 e. The van der Waals surface area contributed by atoms with Crippen molar-refractivity contribution in [1.82, 2.24) is 4.90 Å². The van der Waals surface area contributed by atoms with Crippen molar-refractivity contribution in [2.24, 2.45) is 11.3 Å². The molecule has 3 heteroatoms. The molecule has 1 amide bonds. The van der Waals surface area contributed by atoms with E-state index in [-0.39, 0.29) is 23.8 Å². The van der Waals surface area contributed by atoms with Gasteiger partial charge in [-0.25, -0.2) is 0 Å². The topological polar surface area (TPSA) is 40.5 Å². The van der Waals surface area contributed by atoms with Crippen LogP contribution in [0.25, 0.3) is 0 Å². The quantitative estimate of drug-likeness (QED) is 0.863. The number of hydrogen-bond acceptors (Lipinski definition) is 2. The van der Waals surface area contributed by atoms with Crippen LogP contribution in [0.4, 0.5) is 0 Å². The molecule has 1 aliphatic carbocycles. The van der Waals surface area contributed by atoms with E-state index >= 15 is 0 Å². The second-order valence-electron chi connectivity index (χ2n) is 6.42. The molecule has 0 saturated heterocycles. The van der Waals surface area contributed by atoms with Crippen LogP contribution in [0.1, 0.15) is 37.8 Å². The minimum Gasteiger partial charge on any atom is -0.395 e. The molecule has 0 aliphatic heterocycles. The van der Waals surface area contributed by atoms with Crippen molar-refractivity contribution in [2.45, 2.75) is 33.2 Å². The third-order valence-corrected chi connectivity index (χ3v) is 4.00. The predicted octanol–water partition coefficient (Wildman–Crippen LogP) is 2.43. The molecule has 3 nitrogen and oxygen atoms in total. The molecule has 0 spiro atoms. The van der Waals surface area contributed by atoms with Gasteiger partial charge in [0.05, 0.1) is 6.61 Å². The second-order valence-corrected chi connectivity index (χ2v) is 6.42. The molecule has 1 atom stereocenters. The predicted molar refractivity (Wildman–Crippen MR) is 83.4 cm³/mol. The van der Waals surface area contributed by atoms with Gasteiger partial charge in [-0.2, -0.15) is 0 Å². The van der Waals surface area contributed by atoms with Gasteiger partial charge in [-0.1, -0.05) is 37.8 Å². The maximum absolute atomic E-state index is 12.3. The zero-order valence-electron chi connectivity index (χ0n) is 13.0. The summed E-state index contributed by atoms with van der Waals surface area (Å²) in [4.78, 5) is 14.1. The lowest BCUT2D eigenvalue weighted by Crippen LogP contribution is -2.28. The van der Waals surface area contributed by atoms with Gasteiger partial charge in [0.2, 0.25) is 5.91 Å². The van der Waals surface area contributed by atoms with E-state index in [1.807, 2.05) is 31.3 Å². The first-order chi connectivity index (χ1) is 9.94. The average Bonchev–Trinajstić information content (AvgIpc) is 3.07. The summed E-state index contributed by atoms with van der Waals surface area (Å²) < 4.78 is 0. The number of nitrogens with zero attached hydrogens (tertiary/aromatic N) is 1. The fourth-order valence-corrected chi connectivity index (χ4v) is 2.47. The Morgan fingerprint density at radius 1 is 1.48 bits per heavy atom. The van der Waals surface area contributed by atoms with Crippen molar-refractivity contribution >= 4 is 5.91 Å². The summed E-state index contributed by atoms with van der Waals surface area (Å²) >= 11 is 0. The monoisotopic (exact) mass is 285 g/mol. The number of aliphatic hydroxyl groups is 1. The smallest absolute Gasteiger partial charge is 0.226 e. The van der Waals surface area contributed by atoms with E-state index in [1.54, 1.807) is 4.90 Å². The van der Waals surface area contributed by atoms with E-state index in [1.165, 1.54) is 0 Å². The SMILES string of the molecule is CN(Cc1cccc(C#CCCO)c1)C(=O)C1CC1(C)C. The Morgan fingerprint density at radius 3 is 2.81 bits per heavy atom. The molecule has 2 rings (SSSR count). The maximum atomic E-state index is 12.3. The summed E-state index contributed by atoms with van der Waals surface area (Å²) in [5.74, 6) is 6.35. The van der Waals surface area contributed by atoms with Crippen LogP contribution in [0.5, 0.6) is 0 Å². The Bertz CT molecular complexity index is 580. The normalized spacial score (nSPS) is 18.6. The summed E-state index contributed by atoms with van der Waals surface area (Å²) in [5, 5.41) is 8.73. The first-order valence-corrected chi connectivity index (χ1v) is 7.38. The van der Waals surface area contributed by atoms with Gasteiger partial charge in [0.1, 0.15) is 0 Å². The molecular weight excluding hydrogens is 262 g/mol. The standard InChI is InChI=1S/C18H23NO2/c1-18(2)12-16(18)17(21)19(3)13-15-9-6-8-14(11-15)7-4-5-10-20/h6,8-9,11,16,20H,5,10,12-13H2,1-3H3. The highest BCUT2D eigenvalue weighted by Gasteiger charge is 2.51. The molecule has 21 heavy (non-hydrogen) atoms. The number of benzene rings is 1. The molecule has 1 saturated carbocycles. The Morgan fingerprint density at radius 2 is 2.19 bits per heavy atom. The van der Waals surface area contributed by atoms with Crippen molar-refractivity contribution in [3.63, 3.8) is 0 Å². The third-order valence-electron chi connectivity index (χ3n) is 4.00.